The third-order valence-corrected chi connectivity index (χ3v) is 6.80. The molecule has 4 heteroatoms. The van der Waals surface area contributed by atoms with Crippen molar-refractivity contribution in [2.24, 2.45) is 5.92 Å². The molecule has 0 N–H and O–H groups in total. The van der Waals surface area contributed by atoms with E-state index in [0.717, 1.165) is 0 Å². The molecule has 1 rings (SSSR count). The molecule has 0 aliphatic heterocycles. The minimum Gasteiger partial charge on any atom is -1.00 e. The number of hydrogen-bond acceptors (Lipinski definition) is 1. The fraction of sp³-hybridized carbons (Fsp3) is 0.692. The Morgan fingerprint density at radius 2 is 1.47 bits per heavy atom. The molecule has 0 radical (unpaired) electrons. The second kappa shape index (κ2) is 8.77. The van der Waals surface area contributed by atoms with E-state index < -0.39 is 0 Å². The molecular formula is C13H23Cl2NTi. The minimum absolute atomic E-state index is 0. The molecule has 1 unspecified atom stereocenters. The van der Waals surface area contributed by atoms with Crippen molar-refractivity contribution in [3.05, 3.63) is 20.6 Å². The Kier molecular flexibility index (Phi) is 10.3. The summed E-state index contributed by atoms with van der Waals surface area (Å²) in [6, 6.07) is 0. The van der Waals surface area contributed by atoms with E-state index in [1.54, 1.807) is 20.6 Å². The van der Waals surface area contributed by atoms with E-state index in [1.807, 2.05) is 0 Å². The molecule has 17 heavy (non-hydrogen) atoms. The largest absolute Gasteiger partial charge is 1.00 e. The van der Waals surface area contributed by atoms with E-state index in [2.05, 4.69) is 44.9 Å². The van der Waals surface area contributed by atoms with E-state index >= 15 is 0 Å². The zero-order chi connectivity index (χ0) is 11.6. The van der Waals surface area contributed by atoms with Crippen LogP contribution in [0.25, 0.3) is 0 Å². The van der Waals surface area contributed by atoms with Crippen LogP contribution in [0.15, 0.2) is 20.6 Å². The molecule has 98 valence electrons. The van der Waals surface area contributed by atoms with Crippen molar-refractivity contribution >= 4 is 0 Å². The summed E-state index contributed by atoms with van der Waals surface area (Å²) in [4.78, 5) is 0. The maximum atomic E-state index is 2.63. The van der Waals surface area contributed by atoms with Crippen molar-refractivity contribution in [3.63, 3.8) is 0 Å². The molecule has 0 aromatic heterocycles. The van der Waals surface area contributed by atoms with E-state index in [1.165, 1.54) is 13.1 Å². The van der Waals surface area contributed by atoms with Gasteiger partial charge < -0.3 is 24.8 Å². The van der Waals surface area contributed by atoms with Gasteiger partial charge in [0, 0.05) is 0 Å². The Morgan fingerprint density at radius 3 is 1.76 bits per heavy atom. The van der Waals surface area contributed by atoms with Crippen LogP contribution in [0.5, 0.6) is 0 Å². The van der Waals surface area contributed by atoms with Gasteiger partial charge in [0.15, 0.2) is 0 Å². The Hall–Kier alpha value is 0.734. The van der Waals surface area contributed by atoms with Crippen LogP contribution in [0.1, 0.15) is 41.5 Å². The first-order valence-corrected chi connectivity index (χ1v) is 7.40. The van der Waals surface area contributed by atoms with Crippen molar-refractivity contribution in [2.75, 3.05) is 13.1 Å². The van der Waals surface area contributed by atoms with Crippen LogP contribution in [0.2, 0.25) is 0 Å². The van der Waals surface area contributed by atoms with Gasteiger partial charge >= 0.3 is 104 Å². The van der Waals surface area contributed by atoms with E-state index in [9.17, 15) is 0 Å². The van der Waals surface area contributed by atoms with Crippen molar-refractivity contribution in [3.8, 4) is 0 Å². The van der Waals surface area contributed by atoms with Crippen molar-refractivity contribution in [2.45, 2.75) is 41.5 Å². The average Bonchev–Trinajstić information content (AvgIpc) is 2.42. The molecular weight excluding hydrogens is 289 g/mol. The molecule has 1 atom stereocenters. The minimum atomic E-state index is -0.0522. The molecule has 1 aliphatic rings. The van der Waals surface area contributed by atoms with E-state index in [0.29, 0.717) is 5.92 Å². The predicted octanol–water partition coefficient (Wildman–Crippen LogP) is -2.41. The SMILES string of the molecule is CC[N](CC)[Ti+2][C]1=C(C)C(C)=C(C)C1C.[Cl-].[Cl-]. The molecule has 0 aromatic rings. The van der Waals surface area contributed by atoms with Crippen molar-refractivity contribution < 1.29 is 44.2 Å². The third kappa shape index (κ3) is 4.40. The van der Waals surface area contributed by atoms with Crippen LogP contribution in [0.4, 0.5) is 0 Å². The molecule has 0 aromatic carbocycles. The summed E-state index contributed by atoms with van der Waals surface area (Å²) in [7, 11) is 0. The van der Waals surface area contributed by atoms with Crippen molar-refractivity contribution in [1.82, 2.24) is 3.38 Å². The van der Waals surface area contributed by atoms with Crippen molar-refractivity contribution in [1.29, 1.82) is 0 Å². The standard InChI is InChI=1S/C9H13.C4H10N.2ClH.Ti/c1-6-5-7(2)9(4)8(6)3;1-3-5-4-2;;;/h6H,1-4H3;3-4H2,1-2H3;2*1H;/q;-1;;;+3/p-2. The van der Waals surface area contributed by atoms with E-state index in [4.69, 9.17) is 0 Å². The van der Waals surface area contributed by atoms with Gasteiger partial charge in [-0.2, -0.15) is 0 Å². The summed E-state index contributed by atoms with van der Waals surface area (Å²) in [6.07, 6.45) is 0. The zero-order valence-corrected chi connectivity index (χ0v) is 14.8. The Bertz CT molecular complexity index is 307. The van der Waals surface area contributed by atoms with Crippen LogP contribution >= 0.6 is 0 Å². The number of halogens is 2. The fourth-order valence-electron chi connectivity index (χ4n) is 2.10. The monoisotopic (exact) mass is 311 g/mol. The molecule has 1 nitrogen and oxygen atoms in total. The maximum Gasteiger partial charge on any atom is -1.00 e. The average molecular weight is 312 g/mol. The van der Waals surface area contributed by atoms with Gasteiger partial charge in [0.1, 0.15) is 0 Å². The van der Waals surface area contributed by atoms with Gasteiger partial charge in [-0.3, -0.25) is 0 Å². The fourth-order valence-corrected chi connectivity index (χ4v) is 4.32. The summed E-state index contributed by atoms with van der Waals surface area (Å²) in [6.45, 7) is 16.2. The van der Waals surface area contributed by atoms with Gasteiger partial charge in [0.05, 0.1) is 0 Å². The first kappa shape index (κ1) is 20.1. The van der Waals surface area contributed by atoms with Gasteiger partial charge in [0.25, 0.3) is 0 Å². The van der Waals surface area contributed by atoms with Crippen LogP contribution in [-0.4, -0.2) is 16.5 Å². The molecule has 0 spiro atoms. The third-order valence-electron chi connectivity index (χ3n) is 3.68. The summed E-state index contributed by atoms with van der Waals surface area (Å²) in [5.74, 6) is 0.714. The van der Waals surface area contributed by atoms with Gasteiger partial charge in [-0.25, -0.2) is 0 Å². The Morgan fingerprint density at radius 1 is 1.00 bits per heavy atom. The Balaban J connectivity index is 0. The smallest absolute Gasteiger partial charge is 1.00 e. The predicted molar refractivity (Wildman–Crippen MR) is 63.2 cm³/mol. The van der Waals surface area contributed by atoms with E-state index in [-0.39, 0.29) is 44.2 Å². The normalized spacial score (nSPS) is 19.1. The second-order valence-corrected chi connectivity index (χ2v) is 6.53. The van der Waals surface area contributed by atoms with Gasteiger partial charge in [-0.15, -0.1) is 0 Å². The first-order valence-electron chi connectivity index (χ1n) is 5.92. The first-order chi connectivity index (χ1) is 7.02. The van der Waals surface area contributed by atoms with Crippen LogP contribution < -0.4 is 24.8 Å². The summed E-state index contributed by atoms with van der Waals surface area (Å²) in [5, 5.41) is 0. The molecule has 0 saturated heterocycles. The number of rotatable bonds is 4. The molecule has 0 bridgehead atoms. The maximum absolute atomic E-state index is 2.63. The molecule has 0 amide bonds. The van der Waals surface area contributed by atoms with Gasteiger partial charge in [-0.05, 0) is 0 Å². The summed E-state index contributed by atoms with van der Waals surface area (Å²) in [5.41, 5.74) is 4.73. The molecule has 0 heterocycles. The summed E-state index contributed by atoms with van der Waals surface area (Å²) < 4.78 is 4.38. The topological polar surface area (TPSA) is 3.24 Å². The van der Waals surface area contributed by atoms with Gasteiger partial charge in [0.2, 0.25) is 0 Å². The van der Waals surface area contributed by atoms with Crippen LogP contribution in [-0.2, 0) is 19.4 Å². The van der Waals surface area contributed by atoms with Crippen LogP contribution in [0.3, 0.4) is 0 Å². The number of hydrogen-bond donors (Lipinski definition) is 0. The number of nitrogens with zero attached hydrogens (tertiary/aromatic N) is 1. The van der Waals surface area contributed by atoms with Crippen LogP contribution in [0, 0.1) is 5.92 Å². The molecule has 1 aliphatic carbocycles. The molecule has 0 fully saturated rings. The number of allylic oxidation sites excluding steroid dienone is 4. The molecule has 0 saturated carbocycles. The quantitative estimate of drug-likeness (QED) is 0.523. The summed E-state index contributed by atoms with van der Waals surface area (Å²) >= 11 is -0.0522. The Labute approximate surface area is 128 Å². The second-order valence-electron chi connectivity index (χ2n) is 4.35. The van der Waals surface area contributed by atoms with Gasteiger partial charge in [-0.1, -0.05) is 0 Å². The zero-order valence-electron chi connectivity index (χ0n) is 11.7.